The Balaban J connectivity index is 2.59. The van der Waals surface area contributed by atoms with E-state index < -0.39 is 24.1 Å². The zero-order valence-corrected chi connectivity index (χ0v) is 12.6. The van der Waals surface area contributed by atoms with E-state index in [0.29, 0.717) is 6.42 Å². The third kappa shape index (κ3) is 4.50. The summed E-state index contributed by atoms with van der Waals surface area (Å²) in [6, 6.07) is 2.04. The highest BCUT2D eigenvalue weighted by Crippen LogP contribution is 2.13. The van der Waals surface area contributed by atoms with E-state index in [1.807, 2.05) is 24.4 Å². The summed E-state index contributed by atoms with van der Waals surface area (Å²) in [7, 11) is 1.61. The molecule has 0 fully saturated rings. The van der Waals surface area contributed by atoms with Crippen molar-refractivity contribution in [2.45, 2.75) is 38.5 Å². The molecule has 0 radical (unpaired) electrons. The first-order valence-corrected chi connectivity index (χ1v) is 7.17. The number of likely N-dealkylation sites (N-methyl/N-ethyl adjacent to an activating group) is 1. The van der Waals surface area contributed by atoms with Crippen LogP contribution in [0.5, 0.6) is 0 Å². The minimum Gasteiger partial charge on any atom is -0.480 e. The van der Waals surface area contributed by atoms with Crippen LogP contribution in [0, 0.1) is 0 Å². The average molecular weight is 300 g/mol. The van der Waals surface area contributed by atoms with Crippen molar-refractivity contribution in [3.8, 4) is 0 Å². The molecular formula is C13H20N2O4S. The number of rotatable bonds is 6. The summed E-state index contributed by atoms with van der Waals surface area (Å²) in [5, 5.41) is 22.6. The lowest BCUT2D eigenvalue weighted by atomic mass is 10.1. The van der Waals surface area contributed by atoms with Gasteiger partial charge in [0.2, 0.25) is 0 Å². The predicted octanol–water partition coefficient (Wildman–Crippen LogP) is 1.15. The zero-order valence-electron chi connectivity index (χ0n) is 11.7. The predicted molar refractivity (Wildman–Crippen MR) is 76.9 cm³/mol. The Morgan fingerprint density at radius 3 is 2.55 bits per heavy atom. The Hall–Kier alpha value is -1.60. The van der Waals surface area contributed by atoms with Crippen LogP contribution < -0.4 is 5.32 Å². The average Bonchev–Trinajstić information content (AvgIpc) is 2.86. The normalized spacial score (nSPS) is 15.2. The van der Waals surface area contributed by atoms with Gasteiger partial charge in [0.05, 0.1) is 6.10 Å². The summed E-state index contributed by atoms with van der Waals surface area (Å²) in [4.78, 5) is 25.5. The molecule has 20 heavy (non-hydrogen) atoms. The fraction of sp³-hybridized carbons (Fsp3) is 0.538. The number of urea groups is 1. The number of carboxylic acids is 1. The Labute approximate surface area is 122 Å². The summed E-state index contributed by atoms with van der Waals surface area (Å²) in [5.74, 6) is -1.26. The van der Waals surface area contributed by atoms with Gasteiger partial charge >= 0.3 is 12.0 Å². The van der Waals surface area contributed by atoms with Crippen molar-refractivity contribution in [2.75, 3.05) is 7.05 Å². The Morgan fingerprint density at radius 2 is 2.10 bits per heavy atom. The van der Waals surface area contributed by atoms with E-state index in [-0.39, 0.29) is 6.04 Å². The van der Waals surface area contributed by atoms with Gasteiger partial charge in [-0.05, 0) is 25.3 Å². The Morgan fingerprint density at radius 1 is 1.45 bits per heavy atom. The number of hydrogen-bond donors (Lipinski definition) is 3. The minimum absolute atomic E-state index is 0.0721. The van der Waals surface area contributed by atoms with Gasteiger partial charge in [-0.1, -0.05) is 6.07 Å². The van der Waals surface area contributed by atoms with Crippen LogP contribution in [0.4, 0.5) is 4.79 Å². The molecule has 112 valence electrons. The zero-order chi connectivity index (χ0) is 15.3. The number of aliphatic hydroxyl groups excluding tert-OH is 1. The topological polar surface area (TPSA) is 89.9 Å². The van der Waals surface area contributed by atoms with Crippen molar-refractivity contribution in [1.82, 2.24) is 10.2 Å². The number of aliphatic carboxylic acids is 1. The van der Waals surface area contributed by atoms with Gasteiger partial charge in [0, 0.05) is 24.4 Å². The number of nitrogens with one attached hydrogen (secondary N) is 1. The van der Waals surface area contributed by atoms with Gasteiger partial charge in [-0.3, -0.25) is 0 Å². The molecule has 0 saturated heterocycles. The van der Waals surface area contributed by atoms with Crippen LogP contribution in [0.25, 0.3) is 0 Å². The number of aliphatic hydroxyl groups is 1. The quantitative estimate of drug-likeness (QED) is 0.735. The van der Waals surface area contributed by atoms with Gasteiger partial charge in [-0.2, -0.15) is 0 Å². The second kappa shape index (κ2) is 7.25. The molecular weight excluding hydrogens is 280 g/mol. The third-order valence-corrected chi connectivity index (χ3v) is 3.98. The molecule has 6 nitrogen and oxygen atoms in total. The van der Waals surface area contributed by atoms with E-state index in [0.717, 1.165) is 4.88 Å². The molecule has 3 unspecified atom stereocenters. The fourth-order valence-corrected chi connectivity index (χ4v) is 2.51. The molecule has 0 saturated carbocycles. The lowest BCUT2D eigenvalue weighted by Gasteiger charge is -2.27. The summed E-state index contributed by atoms with van der Waals surface area (Å²) < 4.78 is 0. The van der Waals surface area contributed by atoms with Crippen LogP contribution in [-0.2, 0) is 11.2 Å². The van der Waals surface area contributed by atoms with Gasteiger partial charge in [0.1, 0.15) is 0 Å². The van der Waals surface area contributed by atoms with Crippen molar-refractivity contribution >= 4 is 23.3 Å². The molecule has 0 bridgehead atoms. The molecule has 0 aliphatic carbocycles. The molecule has 0 aliphatic rings. The van der Waals surface area contributed by atoms with Crippen molar-refractivity contribution in [1.29, 1.82) is 0 Å². The molecule has 0 aromatic carbocycles. The van der Waals surface area contributed by atoms with Crippen molar-refractivity contribution < 1.29 is 19.8 Å². The Bertz CT molecular complexity index is 447. The largest absolute Gasteiger partial charge is 0.480 e. The lowest BCUT2D eigenvalue weighted by Crippen LogP contribution is -2.53. The maximum Gasteiger partial charge on any atom is 0.328 e. The number of nitrogens with zero attached hydrogens (tertiary/aromatic N) is 1. The summed E-state index contributed by atoms with van der Waals surface area (Å²) >= 11 is 1.61. The van der Waals surface area contributed by atoms with Crippen LogP contribution in [0.3, 0.4) is 0 Å². The summed E-state index contributed by atoms with van der Waals surface area (Å²) in [6.07, 6.45) is -0.453. The SMILES string of the molecule is CC(O)C(NC(=O)N(C)C(C)Cc1cccs1)C(=O)O. The first-order valence-electron chi connectivity index (χ1n) is 6.29. The number of thiophene rings is 1. The maximum atomic E-state index is 12.0. The highest BCUT2D eigenvalue weighted by atomic mass is 32.1. The van der Waals surface area contributed by atoms with Crippen molar-refractivity contribution in [2.24, 2.45) is 0 Å². The number of amides is 2. The number of hydrogen-bond acceptors (Lipinski definition) is 4. The molecule has 0 spiro atoms. The van der Waals surface area contributed by atoms with Crippen LogP contribution >= 0.6 is 11.3 Å². The molecule has 1 heterocycles. The second-order valence-corrected chi connectivity index (χ2v) is 5.78. The van der Waals surface area contributed by atoms with Crippen molar-refractivity contribution in [3.63, 3.8) is 0 Å². The van der Waals surface area contributed by atoms with E-state index in [9.17, 15) is 14.7 Å². The molecule has 7 heteroatoms. The molecule has 1 aromatic heterocycles. The highest BCUT2D eigenvalue weighted by Gasteiger charge is 2.27. The van der Waals surface area contributed by atoms with Gasteiger partial charge in [0.15, 0.2) is 6.04 Å². The van der Waals surface area contributed by atoms with Crippen molar-refractivity contribution in [3.05, 3.63) is 22.4 Å². The summed E-state index contributed by atoms with van der Waals surface area (Å²) in [6.45, 7) is 3.21. The number of carbonyl (C=O) groups excluding carboxylic acids is 1. The lowest BCUT2D eigenvalue weighted by molar-refractivity contribution is -0.141. The van der Waals surface area contributed by atoms with Gasteiger partial charge in [-0.15, -0.1) is 11.3 Å². The van der Waals surface area contributed by atoms with Crippen LogP contribution in [-0.4, -0.2) is 52.3 Å². The Kier molecular flexibility index (Phi) is 5.97. The fourth-order valence-electron chi connectivity index (χ4n) is 1.68. The first kappa shape index (κ1) is 16.5. The molecule has 1 aromatic rings. The van der Waals surface area contributed by atoms with E-state index in [4.69, 9.17) is 5.11 Å². The third-order valence-electron chi connectivity index (χ3n) is 3.09. The van der Waals surface area contributed by atoms with Crippen LogP contribution in [0.15, 0.2) is 17.5 Å². The molecule has 3 N–H and O–H groups in total. The second-order valence-electron chi connectivity index (χ2n) is 4.75. The maximum absolute atomic E-state index is 12.0. The molecule has 0 aliphatic heterocycles. The number of carbonyl (C=O) groups is 2. The number of carboxylic acid groups (broad SMARTS) is 1. The van der Waals surface area contributed by atoms with Gasteiger partial charge < -0.3 is 20.4 Å². The highest BCUT2D eigenvalue weighted by molar-refractivity contribution is 7.09. The van der Waals surface area contributed by atoms with Gasteiger partial charge in [0.25, 0.3) is 0 Å². The van der Waals surface area contributed by atoms with Gasteiger partial charge in [-0.25, -0.2) is 9.59 Å². The molecule has 1 rings (SSSR count). The monoisotopic (exact) mass is 300 g/mol. The van der Waals surface area contributed by atoms with E-state index >= 15 is 0 Å². The van der Waals surface area contributed by atoms with Crippen LogP contribution in [0.2, 0.25) is 0 Å². The smallest absolute Gasteiger partial charge is 0.328 e. The standard InChI is InChI=1S/C13H20N2O4S/c1-8(7-10-5-4-6-20-10)15(3)13(19)14-11(9(2)16)12(17)18/h4-6,8-9,11,16H,7H2,1-3H3,(H,14,19)(H,17,18). The van der Waals surface area contributed by atoms with Crippen LogP contribution in [0.1, 0.15) is 18.7 Å². The van der Waals surface area contributed by atoms with E-state index in [2.05, 4.69) is 5.32 Å². The minimum atomic E-state index is -1.31. The first-order chi connectivity index (χ1) is 9.32. The van der Waals surface area contributed by atoms with E-state index in [1.54, 1.807) is 18.4 Å². The summed E-state index contributed by atoms with van der Waals surface area (Å²) in [5.41, 5.74) is 0. The molecule has 3 atom stereocenters. The van der Waals surface area contributed by atoms with E-state index in [1.165, 1.54) is 11.8 Å². The molecule has 2 amide bonds.